The number of rotatable bonds is 6. The molecule has 0 radical (unpaired) electrons. The van der Waals surface area contributed by atoms with Gasteiger partial charge in [-0.15, -0.1) is 0 Å². The summed E-state index contributed by atoms with van der Waals surface area (Å²) in [6.07, 6.45) is -3.81. The second-order valence-corrected chi connectivity index (χ2v) is 8.25. The highest BCUT2D eigenvalue weighted by Gasteiger charge is 2.31. The summed E-state index contributed by atoms with van der Waals surface area (Å²) in [5.41, 5.74) is -1.31. The normalized spacial score (nSPS) is 12.2. The van der Waals surface area contributed by atoms with E-state index in [4.69, 9.17) is 11.6 Å². The maximum absolute atomic E-state index is 13.8. The molecule has 0 aliphatic heterocycles. The second-order valence-electron chi connectivity index (χ2n) is 5.86. The van der Waals surface area contributed by atoms with E-state index in [9.17, 15) is 30.8 Å². The number of amides is 1. The summed E-state index contributed by atoms with van der Waals surface area (Å²) in [6, 6.07) is 7.77. The van der Waals surface area contributed by atoms with E-state index in [2.05, 4.69) is 5.32 Å². The van der Waals surface area contributed by atoms with Crippen LogP contribution in [-0.2, 0) is 27.5 Å². The minimum Gasteiger partial charge on any atom is -0.324 e. The van der Waals surface area contributed by atoms with E-state index in [0.29, 0.717) is 10.4 Å². The summed E-state index contributed by atoms with van der Waals surface area (Å²) in [6.45, 7) is -1.16. The van der Waals surface area contributed by atoms with Crippen molar-refractivity contribution in [2.45, 2.75) is 12.7 Å². The standard InChI is InChI=1S/C17H15ClF4N2O3S/c1-28(26,27)24(9-11-4-2-3-5-14(11)19)10-16(25)23-15-8-12(17(20,21)22)6-7-13(15)18/h2-8H,9-10H2,1H3,(H,23,25). The van der Waals surface area contributed by atoms with Gasteiger partial charge >= 0.3 is 6.18 Å². The molecule has 0 saturated carbocycles. The van der Waals surface area contributed by atoms with Crippen molar-refractivity contribution >= 4 is 33.2 Å². The summed E-state index contributed by atoms with van der Waals surface area (Å²) in [4.78, 5) is 12.2. The van der Waals surface area contributed by atoms with Crippen LogP contribution in [0.1, 0.15) is 11.1 Å². The minimum atomic E-state index is -4.65. The Morgan fingerprint density at radius 2 is 1.82 bits per heavy atom. The fraction of sp³-hybridized carbons (Fsp3) is 0.235. The highest BCUT2D eigenvalue weighted by Crippen LogP contribution is 2.33. The van der Waals surface area contributed by atoms with Crippen LogP contribution in [0, 0.1) is 5.82 Å². The highest BCUT2D eigenvalue weighted by molar-refractivity contribution is 7.88. The lowest BCUT2D eigenvalue weighted by atomic mass is 10.2. The summed E-state index contributed by atoms with van der Waals surface area (Å²) in [7, 11) is -3.92. The van der Waals surface area contributed by atoms with E-state index in [1.807, 2.05) is 0 Å². The zero-order valence-corrected chi connectivity index (χ0v) is 16.0. The molecule has 0 aliphatic carbocycles. The molecule has 0 unspecified atom stereocenters. The van der Waals surface area contributed by atoms with Crippen molar-refractivity contribution in [1.82, 2.24) is 4.31 Å². The van der Waals surface area contributed by atoms with Gasteiger partial charge in [0, 0.05) is 12.1 Å². The van der Waals surface area contributed by atoms with E-state index in [-0.39, 0.29) is 16.3 Å². The van der Waals surface area contributed by atoms with Crippen molar-refractivity contribution in [1.29, 1.82) is 0 Å². The Morgan fingerprint density at radius 3 is 2.39 bits per heavy atom. The van der Waals surface area contributed by atoms with Gasteiger partial charge in [-0.1, -0.05) is 29.8 Å². The number of hydrogen-bond acceptors (Lipinski definition) is 3. The smallest absolute Gasteiger partial charge is 0.324 e. The molecule has 11 heteroatoms. The van der Waals surface area contributed by atoms with Crippen molar-refractivity contribution in [2.75, 3.05) is 18.1 Å². The first-order valence-corrected chi connectivity index (χ1v) is 9.95. The molecule has 5 nitrogen and oxygen atoms in total. The quantitative estimate of drug-likeness (QED) is 0.696. The van der Waals surface area contributed by atoms with Crippen molar-refractivity contribution in [3.63, 3.8) is 0 Å². The first-order chi connectivity index (χ1) is 12.9. The van der Waals surface area contributed by atoms with Crippen LogP contribution in [0.4, 0.5) is 23.2 Å². The predicted octanol–water partition coefficient (Wildman–Crippen LogP) is 3.90. The number of carbonyl (C=O) groups excluding carboxylic acids is 1. The zero-order chi connectivity index (χ0) is 21.1. The van der Waals surface area contributed by atoms with Crippen LogP contribution in [0.3, 0.4) is 0 Å². The number of alkyl halides is 3. The lowest BCUT2D eigenvalue weighted by Crippen LogP contribution is -2.37. The third-order valence-electron chi connectivity index (χ3n) is 3.66. The van der Waals surface area contributed by atoms with Gasteiger partial charge < -0.3 is 5.32 Å². The van der Waals surface area contributed by atoms with Crippen LogP contribution in [0.2, 0.25) is 5.02 Å². The average Bonchev–Trinajstić information content (AvgIpc) is 2.56. The van der Waals surface area contributed by atoms with Crippen molar-refractivity contribution in [3.05, 3.63) is 64.4 Å². The van der Waals surface area contributed by atoms with Crippen LogP contribution in [0.5, 0.6) is 0 Å². The Labute approximate surface area is 164 Å². The number of benzene rings is 2. The van der Waals surface area contributed by atoms with Crippen molar-refractivity contribution in [2.24, 2.45) is 0 Å². The fourth-order valence-corrected chi connectivity index (χ4v) is 3.14. The van der Waals surface area contributed by atoms with Crippen molar-refractivity contribution < 1.29 is 30.8 Å². The van der Waals surface area contributed by atoms with Gasteiger partial charge in [0.15, 0.2) is 0 Å². The molecule has 28 heavy (non-hydrogen) atoms. The van der Waals surface area contributed by atoms with Crippen LogP contribution < -0.4 is 5.32 Å². The van der Waals surface area contributed by atoms with Crippen LogP contribution in [-0.4, -0.2) is 31.4 Å². The van der Waals surface area contributed by atoms with Crippen LogP contribution in [0.25, 0.3) is 0 Å². The summed E-state index contributed by atoms with van der Waals surface area (Å²) in [5, 5.41) is 2.00. The highest BCUT2D eigenvalue weighted by atomic mass is 35.5. The third kappa shape index (κ3) is 5.91. The molecule has 0 saturated heterocycles. The summed E-state index contributed by atoms with van der Waals surface area (Å²) < 4.78 is 76.8. The van der Waals surface area contributed by atoms with Gasteiger partial charge in [0.25, 0.3) is 0 Å². The molecule has 0 atom stereocenters. The second kappa shape index (κ2) is 8.46. The number of nitrogens with zero attached hydrogens (tertiary/aromatic N) is 1. The largest absolute Gasteiger partial charge is 0.416 e. The molecule has 152 valence electrons. The Balaban J connectivity index is 2.20. The zero-order valence-electron chi connectivity index (χ0n) is 14.4. The first kappa shape index (κ1) is 22.1. The molecular formula is C17H15ClF4N2O3S. The Hall–Kier alpha value is -2.17. The predicted molar refractivity (Wildman–Crippen MR) is 96.7 cm³/mol. The van der Waals surface area contributed by atoms with E-state index in [1.165, 1.54) is 18.2 Å². The number of hydrogen-bond donors (Lipinski definition) is 1. The Kier molecular flexibility index (Phi) is 6.68. The number of carbonyl (C=O) groups is 1. The molecule has 2 aromatic carbocycles. The average molecular weight is 439 g/mol. The molecule has 2 aromatic rings. The number of sulfonamides is 1. The molecule has 1 amide bonds. The van der Waals surface area contributed by atoms with Crippen LogP contribution >= 0.6 is 11.6 Å². The Morgan fingerprint density at radius 1 is 1.18 bits per heavy atom. The van der Waals surface area contributed by atoms with E-state index in [0.717, 1.165) is 24.5 Å². The molecule has 0 heterocycles. The lowest BCUT2D eigenvalue weighted by Gasteiger charge is -2.20. The molecule has 1 N–H and O–H groups in total. The van der Waals surface area contributed by atoms with E-state index >= 15 is 0 Å². The van der Waals surface area contributed by atoms with Gasteiger partial charge in [-0.2, -0.15) is 17.5 Å². The topological polar surface area (TPSA) is 66.5 Å². The molecule has 0 aliphatic rings. The lowest BCUT2D eigenvalue weighted by molar-refractivity contribution is -0.137. The maximum atomic E-state index is 13.8. The summed E-state index contributed by atoms with van der Waals surface area (Å²) >= 11 is 5.80. The van der Waals surface area contributed by atoms with Gasteiger partial charge in [0.1, 0.15) is 5.82 Å². The minimum absolute atomic E-state index is 0.0397. The van der Waals surface area contributed by atoms with E-state index < -0.39 is 46.6 Å². The van der Waals surface area contributed by atoms with Gasteiger partial charge in [0.05, 0.1) is 29.1 Å². The van der Waals surface area contributed by atoms with Crippen LogP contribution in [0.15, 0.2) is 42.5 Å². The molecule has 2 rings (SSSR count). The molecule has 0 spiro atoms. The first-order valence-electron chi connectivity index (χ1n) is 7.73. The SMILES string of the molecule is CS(=O)(=O)N(CC(=O)Nc1cc(C(F)(F)F)ccc1Cl)Cc1ccccc1F. The number of halogens is 5. The fourth-order valence-electron chi connectivity index (χ4n) is 2.25. The Bertz CT molecular complexity index is 981. The van der Waals surface area contributed by atoms with Crippen molar-refractivity contribution in [3.8, 4) is 0 Å². The number of nitrogens with one attached hydrogen (secondary N) is 1. The molecule has 0 fully saturated rings. The molecular weight excluding hydrogens is 424 g/mol. The number of anilines is 1. The maximum Gasteiger partial charge on any atom is 0.416 e. The van der Waals surface area contributed by atoms with Gasteiger partial charge in [0.2, 0.25) is 15.9 Å². The summed E-state index contributed by atoms with van der Waals surface area (Å²) in [5.74, 6) is -1.58. The van der Waals surface area contributed by atoms with E-state index in [1.54, 1.807) is 0 Å². The van der Waals surface area contributed by atoms with Gasteiger partial charge in [-0.3, -0.25) is 4.79 Å². The van der Waals surface area contributed by atoms with Gasteiger partial charge in [-0.25, -0.2) is 12.8 Å². The molecule has 0 aromatic heterocycles. The van der Waals surface area contributed by atoms with Gasteiger partial charge in [-0.05, 0) is 24.3 Å². The third-order valence-corrected chi connectivity index (χ3v) is 5.19. The molecule has 0 bridgehead atoms. The monoisotopic (exact) mass is 438 g/mol.